The van der Waals surface area contributed by atoms with E-state index in [1.807, 2.05) is 6.92 Å². The predicted octanol–water partition coefficient (Wildman–Crippen LogP) is 2.56. The second-order valence-electron chi connectivity index (χ2n) is 5.88. The van der Waals surface area contributed by atoms with E-state index < -0.39 is 6.04 Å². The Bertz CT molecular complexity index is 569. The molecule has 2 rings (SSSR count). The fourth-order valence-electron chi connectivity index (χ4n) is 2.81. The molecule has 5 nitrogen and oxygen atoms in total. The number of carbonyl (C=O) groups is 2. The molecule has 24 heavy (non-hydrogen) atoms. The average Bonchev–Trinajstić information content (AvgIpc) is 2.79. The molecule has 0 bridgehead atoms. The fourth-order valence-corrected chi connectivity index (χ4v) is 3.00. The molecule has 1 atom stereocenters. The normalized spacial score (nSPS) is 16.1. The number of nitrogens with two attached hydrogens (primary N) is 1. The van der Waals surface area contributed by atoms with Gasteiger partial charge in [0.2, 0.25) is 5.91 Å². The number of nitrogens with zero attached hydrogens (tertiary/aromatic N) is 2. The number of halogens is 2. The van der Waals surface area contributed by atoms with Gasteiger partial charge in [-0.15, -0.1) is 12.4 Å². The molecule has 1 saturated heterocycles. The molecule has 0 spiro atoms. The summed E-state index contributed by atoms with van der Waals surface area (Å²) in [6.45, 7) is 4.35. The van der Waals surface area contributed by atoms with Crippen LogP contribution in [0.3, 0.4) is 0 Å². The van der Waals surface area contributed by atoms with Gasteiger partial charge in [0.1, 0.15) is 0 Å². The van der Waals surface area contributed by atoms with E-state index >= 15 is 0 Å². The van der Waals surface area contributed by atoms with Crippen LogP contribution in [0, 0.1) is 0 Å². The minimum absolute atomic E-state index is 0. The Balaban J connectivity index is 0.00000288. The Morgan fingerprint density at radius 1 is 1.21 bits per heavy atom. The largest absolute Gasteiger partial charge is 0.340 e. The second kappa shape index (κ2) is 9.87. The molecular formula is C17H25Cl2N3O2. The number of rotatable bonds is 4. The van der Waals surface area contributed by atoms with Crippen LogP contribution in [0.25, 0.3) is 0 Å². The van der Waals surface area contributed by atoms with Gasteiger partial charge in [0, 0.05) is 36.8 Å². The van der Waals surface area contributed by atoms with Gasteiger partial charge >= 0.3 is 0 Å². The molecule has 1 fully saturated rings. The molecule has 0 aliphatic carbocycles. The topological polar surface area (TPSA) is 66.6 Å². The van der Waals surface area contributed by atoms with Crippen molar-refractivity contribution < 1.29 is 9.59 Å². The molecule has 1 aliphatic rings. The molecule has 1 aliphatic heterocycles. The van der Waals surface area contributed by atoms with Gasteiger partial charge in [-0.25, -0.2) is 0 Å². The highest BCUT2D eigenvalue weighted by atomic mass is 35.5. The molecule has 134 valence electrons. The molecule has 2 N–H and O–H groups in total. The van der Waals surface area contributed by atoms with Gasteiger partial charge in [-0.1, -0.05) is 31.0 Å². The minimum atomic E-state index is -0.435. The Morgan fingerprint density at radius 3 is 2.54 bits per heavy atom. The second-order valence-corrected chi connectivity index (χ2v) is 6.31. The summed E-state index contributed by atoms with van der Waals surface area (Å²) in [4.78, 5) is 28.4. The molecule has 1 heterocycles. The molecule has 1 aromatic rings. The van der Waals surface area contributed by atoms with E-state index in [1.54, 1.807) is 34.1 Å². The van der Waals surface area contributed by atoms with E-state index in [0.29, 0.717) is 43.2 Å². The zero-order valence-corrected chi connectivity index (χ0v) is 15.5. The summed E-state index contributed by atoms with van der Waals surface area (Å²) in [5, 5.41) is 0.549. The maximum Gasteiger partial charge on any atom is 0.253 e. The maximum atomic E-state index is 12.6. The van der Waals surface area contributed by atoms with Crippen molar-refractivity contribution in [3.63, 3.8) is 0 Å². The van der Waals surface area contributed by atoms with Crippen molar-refractivity contribution in [2.75, 3.05) is 26.2 Å². The fraction of sp³-hybridized carbons (Fsp3) is 0.529. The van der Waals surface area contributed by atoms with Crippen LogP contribution >= 0.6 is 24.0 Å². The number of hydrogen-bond donors (Lipinski definition) is 1. The van der Waals surface area contributed by atoms with E-state index in [9.17, 15) is 9.59 Å². The first-order chi connectivity index (χ1) is 11.0. The van der Waals surface area contributed by atoms with Gasteiger partial charge in [0.05, 0.1) is 6.04 Å². The van der Waals surface area contributed by atoms with Crippen molar-refractivity contribution >= 4 is 35.8 Å². The first kappa shape index (κ1) is 20.7. The zero-order chi connectivity index (χ0) is 16.8. The molecule has 0 radical (unpaired) electrons. The van der Waals surface area contributed by atoms with Crippen LogP contribution in [0.1, 0.15) is 36.5 Å². The molecule has 7 heteroatoms. The van der Waals surface area contributed by atoms with Crippen LogP contribution in [0.15, 0.2) is 24.3 Å². The monoisotopic (exact) mass is 373 g/mol. The third-order valence-electron chi connectivity index (χ3n) is 4.08. The van der Waals surface area contributed by atoms with E-state index in [1.165, 1.54) is 0 Å². The van der Waals surface area contributed by atoms with Gasteiger partial charge in [0.25, 0.3) is 5.91 Å². The third-order valence-corrected chi connectivity index (χ3v) is 4.32. The molecule has 1 aromatic carbocycles. The number of hydrogen-bond acceptors (Lipinski definition) is 3. The van der Waals surface area contributed by atoms with Crippen molar-refractivity contribution in [3.8, 4) is 0 Å². The SMILES string of the molecule is CCCC(N)C(=O)N1CCCN(C(=O)c2cccc(Cl)c2)CC1.Cl. The highest BCUT2D eigenvalue weighted by Crippen LogP contribution is 2.14. The summed E-state index contributed by atoms with van der Waals surface area (Å²) in [5.74, 6) is -0.0523. The van der Waals surface area contributed by atoms with Crippen LogP contribution in [0.4, 0.5) is 0 Å². The Labute approximate surface area is 154 Å². The summed E-state index contributed by atoms with van der Waals surface area (Å²) < 4.78 is 0. The van der Waals surface area contributed by atoms with E-state index in [2.05, 4.69) is 0 Å². The lowest BCUT2D eigenvalue weighted by atomic mass is 10.1. The number of amides is 2. The molecule has 0 saturated carbocycles. The van der Waals surface area contributed by atoms with Crippen molar-refractivity contribution in [2.24, 2.45) is 5.73 Å². The summed E-state index contributed by atoms with van der Waals surface area (Å²) >= 11 is 5.95. The number of benzene rings is 1. The zero-order valence-electron chi connectivity index (χ0n) is 13.9. The van der Waals surface area contributed by atoms with E-state index in [-0.39, 0.29) is 24.2 Å². The van der Waals surface area contributed by atoms with Crippen LogP contribution in [-0.4, -0.2) is 53.8 Å². The quantitative estimate of drug-likeness (QED) is 0.881. The van der Waals surface area contributed by atoms with Gasteiger partial charge in [-0.2, -0.15) is 0 Å². The predicted molar refractivity (Wildman–Crippen MR) is 98.7 cm³/mol. The highest BCUT2D eigenvalue weighted by molar-refractivity contribution is 6.30. The van der Waals surface area contributed by atoms with Gasteiger partial charge in [0.15, 0.2) is 0 Å². The maximum absolute atomic E-state index is 12.6. The molecule has 0 aromatic heterocycles. The number of carbonyl (C=O) groups excluding carboxylic acids is 2. The smallest absolute Gasteiger partial charge is 0.253 e. The first-order valence-corrected chi connectivity index (χ1v) is 8.50. The molecule has 1 unspecified atom stereocenters. The first-order valence-electron chi connectivity index (χ1n) is 8.12. The Morgan fingerprint density at radius 2 is 1.88 bits per heavy atom. The standard InChI is InChI=1S/C17H24ClN3O2.ClH/c1-2-5-15(19)17(23)21-9-4-8-20(10-11-21)16(22)13-6-3-7-14(18)12-13;/h3,6-7,12,15H,2,4-5,8-11,19H2,1H3;1H. The lowest BCUT2D eigenvalue weighted by Gasteiger charge is -2.24. The van der Waals surface area contributed by atoms with Crippen molar-refractivity contribution in [1.29, 1.82) is 0 Å². The molecule has 2 amide bonds. The van der Waals surface area contributed by atoms with Crippen LogP contribution < -0.4 is 5.73 Å². The van der Waals surface area contributed by atoms with Gasteiger partial charge in [-0.05, 0) is 31.0 Å². The third kappa shape index (κ3) is 5.36. The summed E-state index contributed by atoms with van der Waals surface area (Å²) in [6.07, 6.45) is 2.34. The van der Waals surface area contributed by atoms with E-state index in [0.717, 1.165) is 12.8 Å². The summed E-state index contributed by atoms with van der Waals surface area (Å²) in [5.41, 5.74) is 6.51. The van der Waals surface area contributed by atoms with Crippen molar-refractivity contribution in [1.82, 2.24) is 9.80 Å². The Kier molecular flexibility index (Phi) is 8.53. The Hall–Kier alpha value is -1.30. The average molecular weight is 374 g/mol. The molecular weight excluding hydrogens is 349 g/mol. The lowest BCUT2D eigenvalue weighted by molar-refractivity contribution is -0.132. The summed E-state index contributed by atoms with van der Waals surface area (Å²) in [7, 11) is 0. The van der Waals surface area contributed by atoms with Crippen molar-refractivity contribution in [2.45, 2.75) is 32.2 Å². The highest BCUT2D eigenvalue weighted by Gasteiger charge is 2.25. The van der Waals surface area contributed by atoms with Crippen molar-refractivity contribution in [3.05, 3.63) is 34.9 Å². The van der Waals surface area contributed by atoms with Gasteiger partial charge < -0.3 is 15.5 Å². The van der Waals surface area contributed by atoms with Gasteiger partial charge in [-0.3, -0.25) is 9.59 Å². The van der Waals surface area contributed by atoms with Crippen LogP contribution in [0.5, 0.6) is 0 Å². The summed E-state index contributed by atoms with van der Waals surface area (Å²) in [6, 6.07) is 6.52. The lowest BCUT2D eigenvalue weighted by Crippen LogP contribution is -2.45. The van der Waals surface area contributed by atoms with E-state index in [4.69, 9.17) is 17.3 Å². The van der Waals surface area contributed by atoms with Crippen LogP contribution in [0.2, 0.25) is 5.02 Å². The van der Waals surface area contributed by atoms with Crippen LogP contribution in [-0.2, 0) is 4.79 Å². The minimum Gasteiger partial charge on any atom is -0.340 e.